The summed E-state index contributed by atoms with van der Waals surface area (Å²) < 4.78 is 4.96. The molecular weight excluding hydrogens is 270 g/mol. The van der Waals surface area contributed by atoms with Crippen LogP contribution < -0.4 is 16.8 Å². The van der Waals surface area contributed by atoms with Crippen molar-refractivity contribution in [1.82, 2.24) is 4.98 Å². The van der Waals surface area contributed by atoms with E-state index >= 15 is 0 Å². The summed E-state index contributed by atoms with van der Waals surface area (Å²) in [5.74, 6) is 0.184. The molecule has 2 aromatic rings. The first-order valence-corrected chi connectivity index (χ1v) is 7.34. The minimum absolute atomic E-state index is 0.438. The van der Waals surface area contributed by atoms with Crippen LogP contribution in [0.5, 0.6) is 0 Å². The fraction of sp³-hybridized carbons (Fsp3) is 0.533. The van der Waals surface area contributed by atoms with E-state index in [2.05, 4.69) is 17.2 Å². The molecule has 6 nitrogen and oxygen atoms in total. The number of benzene rings is 1. The Morgan fingerprint density at radius 3 is 2.90 bits per heavy atom. The molecule has 1 fully saturated rings. The lowest BCUT2D eigenvalue weighted by Gasteiger charge is -2.35. The second-order valence-electron chi connectivity index (χ2n) is 6.21. The molecule has 0 aliphatic heterocycles. The van der Waals surface area contributed by atoms with Crippen LogP contribution in [0.3, 0.4) is 0 Å². The highest BCUT2D eigenvalue weighted by atomic mass is 16.4. The number of aliphatic hydroxyl groups is 1. The van der Waals surface area contributed by atoms with Crippen molar-refractivity contribution in [3.63, 3.8) is 0 Å². The molecule has 0 saturated heterocycles. The summed E-state index contributed by atoms with van der Waals surface area (Å²) in [7, 11) is 0. The predicted octanol–water partition coefficient (Wildman–Crippen LogP) is 2.06. The normalized spacial score (nSPS) is 26.1. The molecule has 1 aromatic carbocycles. The number of H-pyrrole nitrogens is 1. The van der Waals surface area contributed by atoms with Gasteiger partial charge in [0.2, 0.25) is 0 Å². The third kappa shape index (κ3) is 2.90. The molecule has 3 rings (SSSR count). The molecule has 0 atom stereocenters. The van der Waals surface area contributed by atoms with Gasteiger partial charge in [0.1, 0.15) is 0 Å². The van der Waals surface area contributed by atoms with Crippen LogP contribution in [0.2, 0.25) is 0 Å². The van der Waals surface area contributed by atoms with E-state index < -0.39 is 11.4 Å². The standard InChI is InChI=1S/C15H21N3O3/c1-9-2-4-15(20,5-3-9)8-17-11-7-12-13(6-10(11)16)21-14(19)18-12/h6-7,9,17,20H,2-5,8,16H2,1H3,(H,18,19). The Balaban J connectivity index is 1.75. The van der Waals surface area contributed by atoms with Crippen molar-refractivity contribution < 1.29 is 9.52 Å². The number of nitrogens with one attached hydrogen (secondary N) is 2. The molecule has 1 aliphatic carbocycles. The lowest BCUT2D eigenvalue weighted by molar-refractivity contribution is 0.00503. The molecular formula is C15H21N3O3. The first-order valence-electron chi connectivity index (χ1n) is 7.34. The van der Waals surface area contributed by atoms with Crippen LogP contribution in [0.1, 0.15) is 32.6 Å². The number of anilines is 2. The van der Waals surface area contributed by atoms with Crippen LogP contribution in [-0.2, 0) is 0 Å². The molecule has 0 spiro atoms. The number of rotatable bonds is 3. The molecule has 0 bridgehead atoms. The minimum Gasteiger partial charge on any atom is -0.408 e. The highest BCUT2D eigenvalue weighted by Gasteiger charge is 2.31. The number of fused-ring (bicyclic) bond motifs is 1. The zero-order valence-electron chi connectivity index (χ0n) is 12.1. The number of hydrogen-bond acceptors (Lipinski definition) is 5. The van der Waals surface area contributed by atoms with E-state index in [1.54, 1.807) is 12.1 Å². The average Bonchev–Trinajstić information content (AvgIpc) is 2.79. The maximum atomic E-state index is 11.2. The van der Waals surface area contributed by atoms with Gasteiger partial charge in [-0.25, -0.2) is 4.79 Å². The van der Waals surface area contributed by atoms with Crippen molar-refractivity contribution in [3.8, 4) is 0 Å². The molecule has 6 heteroatoms. The zero-order chi connectivity index (χ0) is 15.0. The highest BCUT2D eigenvalue weighted by molar-refractivity contribution is 5.85. The second-order valence-corrected chi connectivity index (χ2v) is 6.21. The van der Waals surface area contributed by atoms with E-state index in [-0.39, 0.29) is 0 Å². The summed E-state index contributed by atoms with van der Waals surface area (Å²) in [6.45, 7) is 2.67. The van der Waals surface area contributed by atoms with Crippen LogP contribution >= 0.6 is 0 Å². The first kappa shape index (κ1) is 14.0. The first-order chi connectivity index (χ1) is 9.95. The quantitative estimate of drug-likeness (QED) is 0.648. The van der Waals surface area contributed by atoms with E-state index in [9.17, 15) is 9.90 Å². The number of aromatic amines is 1. The zero-order valence-corrected chi connectivity index (χ0v) is 12.1. The Morgan fingerprint density at radius 1 is 1.48 bits per heavy atom. The minimum atomic E-state index is -0.683. The van der Waals surface area contributed by atoms with Gasteiger partial charge in [0.05, 0.1) is 22.5 Å². The van der Waals surface area contributed by atoms with Gasteiger partial charge in [0, 0.05) is 12.6 Å². The highest BCUT2D eigenvalue weighted by Crippen LogP contribution is 2.33. The van der Waals surface area contributed by atoms with Crippen molar-refractivity contribution in [2.45, 2.75) is 38.2 Å². The van der Waals surface area contributed by atoms with Crippen molar-refractivity contribution in [1.29, 1.82) is 0 Å². The molecule has 1 aromatic heterocycles. The van der Waals surface area contributed by atoms with Crippen LogP contribution in [0.25, 0.3) is 11.1 Å². The van der Waals surface area contributed by atoms with E-state index in [0.29, 0.717) is 34.9 Å². The number of oxazole rings is 1. The molecule has 1 saturated carbocycles. The lowest BCUT2D eigenvalue weighted by atomic mass is 9.79. The van der Waals surface area contributed by atoms with Crippen molar-refractivity contribution in [2.24, 2.45) is 5.92 Å². The predicted molar refractivity (Wildman–Crippen MR) is 82.3 cm³/mol. The fourth-order valence-electron chi connectivity index (χ4n) is 2.90. The molecule has 5 N–H and O–H groups in total. The van der Waals surface area contributed by atoms with E-state index in [4.69, 9.17) is 10.2 Å². The largest absolute Gasteiger partial charge is 0.417 e. The van der Waals surface area contributed by atoms with Crippen molar-refractivity contribution >= 4 is 22.5 Å². The van der Waals surface area contributed by atoms with Gasteiger partial charge in [-0.15, -0.1) is 0 Å². The van der Waals surface area contributed by atoms with E-state index in [1.165, 1.54) is 0 Å². The van der Waals surface area contributed by atoms with Gasteiger partial charge in [0.15, 0.2) is 5.58 Å². The Bertz CT molecular complexity index is 696. The van der Waals surface area contributed by atoms with Crippen LogP contribution in [0.15, 0.2) is 21.3 Å². The Kier molecular flexibility index (Phi) is 3.41. The van der Waals surface area contributed by atoms with Gasteiger partial charge in [-0.1, -0.05) is 6.92 Å². The third-order valence-corrected chi connectivity index (χ3v) is 4.40. The lowest BCUT2D eigenvalue weighted by Crippen LogP contribution is -2.40. The molecule has 21 heavy (non-hydrogen) atoms. The average molecular weight is 291 g/mol. The molecule has 0 amide bonds. The summed E-state index contributed by atoms with van der Waals surface area (Å²) >= 11 is 0. The SMILES string of the molecule is CC1CCC(O)(CNc2cc3[nH]c(=O)oc3cc2N)CC1. The molecule has 1 aliphatic rings. The van der Waals surface area contributed by atoms with Crippen LogP contribution in [0.4, 0.5) is 11.4 Å². The maximum absolute atomic E-state index is 11.2. The Morgan fingerprint density at radius 2 is 2.19 bits per heavy atom. The third-order valence-electron chi connectivity index (χ3n) is 4.40. The van der Waals surface area contributed by atoms with Crippen molar-refractivity contribution in [2.75, 3.05) is 17.6 Å². The number of hydrogen-bond donors (Lipinski definition) is 4. The molecule has 1 heterocycles. The monoisotopic (exact) mass is 291 g/mol. The van der Waals surface area contributed by atoms with Gasteiger partial charge in [0.25, 0.3) is 0 Å². The number of aromatic nitrogens is 1. The van der Waals surface area contributed by atoms with Gasteiger partial charge < -0.3 is 20.6 Å². The van der Waals surface area contributed by atoms with Gasteiger partial charge in [-0.3, -0.25) is 4.98 Å². The number of nitrogen functional groups attached to an aromatic ring is 1. The summed E-state index contributed by atoms with van der Waals surface area (Å²) in [6, 6.07) is 3.35. The maximum Gasteiger partial charge on any atom is 0.417 e. The summed E-state index contributed by atoms with van der Waals surface area (Å²) in [5.41, 5.74) is 7.51. The summed E-state index contributed by atoms with van der Waals surface area (Å²) in [4.78, 5) is 13.8. The fourth-order valence-corrected chi connectivity index (χ4v) is 2.90. The van der Waals surface area contributed by atoms with E-state index in [1.807, 2.05) is 0 Å². The topological polar surface area (TPSA) is 104 Å². The van der Waals surface area contributed by atoms with Gasteiger partial charge in [-0.05, 0) is 37.7 Å². The van der Waals surface area contributed by atoms with Gasteiger partial charge >= 0.3 is 5.76 Å². The molecule has 0 radical (unpaired) electrons. The summed E-state index contributed by atoms with van der Waals surface area (Å²) in [6.07, 6.45) is 3.68. The Labute approximate surface area is 122 Å². The van der Waals surface area contributed by atoms with Gasteiger partial charge in [-0.2, -0.15) is 0 Å². The molecule has 114 valence electrons. The van der Waals surface area contributed by atoms with E-state index in [0.717, 1.165) is 25.7 Å². The van der Waals surface area contributed by atoms with Crippen molar-refractivity contribution in [3.05, 3.63) is 22.7 Å². The molecule has 0 unspecified atom stereocenters. The van der Waals surface area contributed by atoms with Crippen LogP contribution in [0, 0.1) is 5.92 Å². The summed E-state index contributed by atoms with van der Waals surface area (Å²) in [5, 5.41) is 13.8. The Hall–Kier alpha value is -1.95. The van der Waals surface area contributed by atoms with Crippen LogP contribution in [-0.4, -0.2) is 22.2 Å². The smallest absolute Gasteiger partial charge is 0.408 e. The number of nitrogens with two attached hydrogens (primary N) is 1. The second kappa shape index (κ2) is 5.11.